The Bertz CT molecular complexity index is 1230. The van der Waals surface area contributed by atoms with Crippen LogP contribution >= 0.6 is 15.8 Å². The van der Waals surface area contributed by atoms with E-state index in [-0.39, 0.29) is 36.0 Å². The van der Waals surface area contributed by atoms with Gasteiger partial charge in [0.25, 0.3) is 0 Å². The van der Waals surface area contributed by atoms with Crippen LogP contribution in [-0.2, 0) is 61.2 Å². The van der Waals surface area contributed by atoms with Gasteiger partial charge in [-0.3, -0.25) is 0 Å². The molecule has 0 aliphatic heterocycles. The molecule has 0 bridgehead atoms. The van der Waals surface area contributed by atoms with Crippen molar-refractivity contribution in [2.24, 2.45) is 0 Å². The van der Waals surface area contributed by atoms with Gasteiger partial charge in [0, 0.05) is 16.5 Å². The first-order valence-electron chi connectivity index (χ1n) is 15.2. The van der Waals surface area contributed by atoms with Crippen molar-refractivity contribution in [1.29, 1.82) is 0 Å². The summed E-state index contributed by atoms with van der Waals surface area (Å²) < 4.78 is 0. The van der Waals surface area contributed by atoms with Gasteiger partial charge in [-0.15, -0.1) is 0 Å². The van der Waals surface area contributed by atoms with E-state index in [1.54, 1.807) is 0 Å². The average Bonchev–Trinajstić information content (AvgIpc) is 3.06. The molecule has 0 heterocycles. The SMILES string of the molecule is Cc1ccc(C(C)C)cc1.[Ni].[Ru+].[S-]CCC[S-].c1ccc([PH+](CC[PH+](c2ccccc2)c2ccccc2)c2ccccc2)cc1. The molecule has 0 fully saturated rings. The minimum Gasteiger partial charge on any atom is -0.793 e. The van der Waals surface area contributed by atoms with Crippen LogP contribution in [0, 0.1) is 6.92 Å². The van der Waals surface area contributed by atoms with Crippen LogP contribution in [-0.4, -0.2) is 23.8 Å². The summed E-state index contributed by atoms with van der Waals surface area (Å²) in [5, 5.41) is 6.06. The second-order valence-electron chi connectivity index (χ2n) is 10.7. The molecule has 0 saturated carbocycles. The summed E-state index contributed by atoms with van der Waals surface area (Å²) in [7, 11) is -1.57. The molecule has 0 amide bonds. The first-order chi connectivity index (χ1) is 21.0. The fraction of sp³-hybridized carbons (Fsp3) is 0.231. The first kappa shape index (κ1) is 41.8. The summed E-state index contributed by atoms with van der Waals surface area (Å²) >= 11 is 9.17. The van der Waals surface area contributed by atoms with E-state index >= 15 is 0 Å². The molecular formula is C39H46NiP2RuS2+. The third-order valence-corrected chi connectivity index (χ3v) is 13.8. The maximum atomic E-state index is 4.58. The largest absolute Gasteiger partial charge is 1.00 e. The van der Waals surface area contributed by atoms with Gasteiger partial charge in [0.1, 0.15) is 12.3 Å². The molecule has 5 aromatic rings. The standard InChI is InChI=1S/C26H24P2.C10H14.C3H8S2.Ni.Ru/c1-5-13-23(14-6-1)27(24-15-7-2-8-16-24)21-22-28(25-17-9-3-10-18-25)26-19-11-4-12-20-26;1-8(2)10-6-4-9(3)5-7-10;4-2-1-3-5;;/h1-20H,21-22H2;4-8H,1-3H3;4-5H,1-3H2;;/q;;;;+1. The topological polar surface area (TPSA) is 0 Å². The van der Waals surface area contributed by atoms with Gasteiger partial charge in [0.15, 0.2) is 0 Å². The Balaban J connectivity index is 0.000000497. The van der Waals surface area contributed by atoms with E-state index in [2.05, 4.69) is 192 Å². The molecule has 0 aromatic heterocycles. The van der Waals surface area contributed by atoms with Crippen molar-refractivity contribution in [1.82, 2.24) is 0 Å². The summed E-state index contributed by atoms with van der Waals surface area (Å²) in [6.45, 7) is 6.54. The smallest absolute Gasteiger partial charge is 0.793 e. The van der Waals surface area contributed by atoms with Gasteiger partial charge in [-0.25, -0.2) is 0 Å². The third kappa shape index (κ3) is 15.5. The number of rotatable bonds is 10. The Morgan fingerprint density at radius 1 is 0.489 bits per heavy atom. The van der Waals surface area contributed by atoms with E-state index < -0.39 is 15.8 Å². The van der Waals surface area contributed by atoms with Crippen LogP contribution in [0.15, 0.2) is 146 Å². The van der Waals surface area contributed by atoms with Gasteiger partial charge in [0.2, 0.25) is 0 Å². The zero-order chi connectivity index (χ0) is 30.7. The van der Waals surface area contributed by atoms with E-state index in [0.717, 1.165) is 17.9 Å². The quantitative estimate of drug-likeness (QED) is 0.0793. The molecule has 0 nitrogen and oxygen atoms in total. The first-order valence-corrected chi connectivity index (χ1v) is 19.8. The van der Waals surface area contributed by atoms with Gasteiger partial charge in [-0.1, -0.05) is 123 Å². The summed E-state index contributed by atoms with van der Waals surface area (Å²) in [6, 6.07) is 53.2. The van der Waals surface area contributed by atoms with Crippen molar-refractivity contribution in [2.75, 3.05) is 23.8 Å². The number of hydrogen-bond acceptors (Lipinski definition) is 2. The van der Waals surface area contributed by atoms with E-state index in [4.69, 9.17) is 0 Å². The molecule has 45 heavy (non-hydrogen) atoms. The van der Waals surface area contributed by atoms with E-state index in [1.165, 1.54) is 44.7 Å². The summed E-state index contributed by atoms with van der Waals surface area (Å²) in [5.41, 5.74) is 2.76. The Kier molecular flexibility index (Phi) is 23.1. The van der Waals surface area contributed by atoms with Gasteiger partial charge in [-0.05, 0) is 66.9 Å². The average molecular weight is 801 g/mol. The van der Waals surface area contributed by atoms with Gasteiger partial charge in [-0.2, -0.15) is 11.5 Å². The van der Waals surface area contributed by atoms with Crippen molar-refractivity contribution in [2.45, 2.75) is 33.1 Å². The summed E-state index contributed by atoms with van der Waals surface area (Å²) in [4.78, 5) is 0. The van der Waals surface area contributed by atoms with Crippen LogP contribution in [0.3, 0.4) is 0 Å². The maximum absolute atomic E-state index is 4.58. The Morgan fingerprint density at radius 3 is 1.00 bits per heavy atom. The van der Waals surface area contributed by atoms with Crippen LogP contribution in [0.5, 0.6) is 0 Å². The number of hydrogen-bond donors (Lipinski definition) is 0. The third-order valence-electron chi connectivity index (χ3n) is 7.15. The molecule has 0 N–H and O–H groups in total. The zero-order valence-corrected chi connectivity index (χ0v) is 32.8. The molecular weight excluding hydrogens is 754 g/mol. The predicted molar refractivity (Wildman–Crippen MR) is 205 cm³/mol. The molecule has 0 unspecified atom stereocenters. The van der Waals surface area contributed by atoms with Crippen LogP contribution in [0.2, 0.25) is 0 Å². The van der Waals surface area contributed by atoms with Crippen molar-refractivity contribution in [3.05, 3.63) is 157 Å². The van der Waals surface area contributed by atoms with E-state index in [9.17, 15) is 0 Å². The summed E-state index contributed by atoms with van der Waals surface area (Å²) in [5.74, 6) is 2.30. The van der Waals surface area contributed by atoms with E-state index in [1.807, 2.05) is 0 Å². The fourth-order valence-corrected chi connectivity index (χ4v) is 11.4. The Labute approximate surface area is 309 Å². The van der Waals surface area contributed by atoms with Crippen LogP contribution < -0.4 is 21.2 Å². The normalized spacial score (nSPS) is 10.1. The minimum atomic E-state index is -0.783. The second-order valence-corrected chi connectivity index (χ2v) is 16.8. The van der Waals surface area contributed by atoms with Crippen molar-refractivity contribution in [3.8, 4) is 0 Å². The van der Waals surface area contributed by atoms with Crippen molar-refractivity contribution < 1.29 is 36.0 Å². The van der Waals surface area contributed by atoms with Crippen LogP contribution in [0.4, 0.5) is 0 Å². The van der Waals surface area contributed by atoms with Crippen molar-refractivity contribution >= 4 is 62.3 Å². The van der Waals surface area contributed by atoms with E-state index in [0.29, 0.717) is 5.92 Å². The van der Waals surface area contributed by atoms with Gasteiger partial charge in [0.05, 0.1) is 37.1 Å². The van der Waals surface area contributed by atoms with Crippen molar-refractivity contribution in [3.63, 3.8) is 0 Å². The van der Waals surface area contributed by atoms with Gasteiger partial charge < -0.3 is 25.3 Å². The minimum absolute atomic E-state index is 0. The van der Waals surface area contributed by atoms with Gasteiger partial charge >= 0.3 is 19.5 Å². The van der Waals surface area contributed by atoms with Crippen LogP contribution in [0.1, 0.15) is 37.3 Å². The molecule has 0 atom stereocenters. The molecule has 6 heteroatoms. The fourth-order valence-electron chi connectivity index (χ4n) is 4.73. The number of benzene rings is 5. The molecule has 5 aromatic carbocycles. The maximum Gasteiger partial charge on any atom is 1.00 e. The molecule has 0 aliphatic carbocycles. The molecule has 241 valence electrons. The molecule has 0 saturated heterocycles. The Morgan fingerprint density at radius 2 is 0.778 bits per heavy atom. The molecule has 0 aliphatic rings. The summed E-state index contributed by atoms with van der Waals surface area (Å²) in [6.07, 6.45) is 3.54. The Hall–Kier alpha value is -1.22. The monoisotopic (exact) mass is 800 g/mol. The molecule has 1 radical (unpaired) electrons. The second kappa shape index (κ2) is 24.9. The number of aryl methyl sites for hydroxylation is 1. The predicted octanol–water partition coefficient (Wildman–Crippen LogP) is 8.30. The zero-order valence-electron chi connectivity index (χ0n) is 26.5. The molecule has 5 rings (SSSR count). The van der Waals surface area contributed by atoms with Crippen LogP contribution in [0.25, 0.3) is 0 Å². The molecule has 0 spiro atoms.